The third kappa shape index (κ3) is 11.0. The Balaban J connectivity index is 0.00000133. The Morgan fingerprint density at radius 2 is 1.62 bits per heavy atom. The molecule has 1 atom stereocenters. The number of hydrogen-bond acceptors (Lipinski definition) is 8. The van der Waals surface area contributed by atoms with Crippen LogP contribution in [0.25, 0.3) is 0 Å². The number of piperazine rings is 1. The SMILES string of the molecule is CC(C)(C)OC(=O)N1CCN(CCC(C)(C)C(N)C(=O)OCc2ccccc2)CC1.COC=O. The van der Waals surface area contributed by atoms with Crippen LogP contribution in [-0.2, 0) is 30.4 Å². The molecular weight excluding hydrogens is 438 g/mol. The minimum absolute atomic E-state index is 0.232. The van der Waals surface area contributed by atoms with Gasteiger partial charge < -0.3 is 24.8 Å². The van der Waals surface area contributed by atoms with Gasteiger partial charge >= 0.3 is 12.1 Å². The molecule has 34 heavy (non-hydrogen) atoms. The van der Waals surface area contributed by atoms with Crippen molar-refractivity contribution >= 4 is 18.5 Å². The lowest BCUT2D eigenvalue weighted by atomic mass is 9.81. The molecule has 1 amide bonds. The van der Waals surface area contributed by atoms with E-state index in [4.69, 9.17) is 20.0 Å². The lowest BCUT2D eigenvalue weighted by Gasteiger charge is -2.37. The number of carbonyl (C=O) groups is 3. The maximum atomic E-state index is 12.4. The summed E-state index contributed by atoms with van der Waals surface area (Å²) in [6.07, 6.45) is 0.506. The van der Waals surface area contributed by atoms with E-state index in [1.807, 2.05) is 65.0 Å². The molecule has 0 spiro atoms. The zero-order valence-corrected chi connectivity index (χ0v) is 21.4. The summed E-state index contributed by atoms with van der Waals surface area (Å²) in [5, 5.41) is 0. The van der Waals surface area contributed by atoms with E-state index in [9.17, 15) is 9.59 Å². The van der Waals surface area contributed by atoms with Crippen LogP contribution in [-0.4, -0.2) is 79.8 Å². The number of nitrogens with two attached hydrogens (primary N) is 1. The summed E-state index contributed by atoms with van der Waals surface area (Å²) >= 11 is 0. The molecule has 192 valence electrons. The Morgan fingerprint density at radius 3 is 2.12 bits per heavy atom. The molecule has 2 rings (SSSR count). The predicted octanol–water partition coefficient (Wildman–Crippen LogP) is 2.82. The summed E-state index contributed by atoms with van der Waals surface area (Å²) in [6.45, 7) is 13.9. The Bertz CT molecular complexity index is 756. The minimum atomic E-state index is -0.690. The number of hydrogen-bond donors (Lipinski definition) is 1. The number of ether oxygens (including phenoxy) is 3. The van der Waals surface area contributed by atoms with Gasteiger partial charge in [0.15, 0.2) is 0 Å². The number of benzene rings is 1. The highest BCUT2D eigenvalue weighted by molar-refractivity contribution is 5.76. The van der Waals surface area contributed by atoms with Crippen LogP contribution < -0.4 is 5.73 Å². The normalized spacial score (nSPS) is 15.4. The van der Waals surface area contributed by atoms with Gasteiger partial charge in [0.05, 0.1) is 7.11 Å². The molecule has 9 nitrogen and oxygen atoms in total. The summed E-state index contributed by atoms with van der Waals surface area (Å²) in [7, 11) is 1.31. The molecule has 1 aromatic carbocycles. The average Bonchev–Trinajstić information content (AvgIpc) is 2.80. The van der Waals surface area contributed by atoms with Crippen LogP contribution in [0.2, 0.25) is 0 Å². The van der Waals surface area contributed by atoms with Gasteiger partial charge in [-0.1, -0.05) is 44.2 Å². The average molecular weight is 480 g/mol. The smallest absolute Gasteiger partial charge is 0.410 e. The summed E-state index contributed by atoms with van der Waals surface area (Å²) in [4.78, 5) is 37.6. The first-order valence-electron chi connectivity index (χ1n) is 11.5. The maximum absolute atomic E-state index is 12.4. The van der Waals surface area contributed by atoms with Crippen molar-refractivity contribution in [3.05, 3.63) is 35.9 Å². The van der Waals surface area contributed by atoms with Gasteiger partial charge in [-0.2, -0.15) is 0 Å². The Kier molecular flexibility index (Phi) is 12.0. The molecule has 0 aromatic heterocycles. The third-order valence-corrected chi connectivity index (χ3v) is 5.51. The zero-order chi connectivity index (χ0) is 25.8. The second-order valence-corrected chi connectivity index (χ2v) is 9.95. The van der Waals surface area contributed by atoms with E-state index in [-0.39, 0.29) is 18.7 Å². The van der Waals surface area contributed by atoms with Crippen molar-refractivity contribution in [2.24, 2.45) is 11.1 Å². The second kappa shape index (κ2) is 13.9. The first-order valence-corrected chi connectivity index (χ1v) is 11.5. The molecule has 1 fully saturated rings. The van der Waals surface area contributed by atoms with Crippen LogP contribution in [0.4, 0.5) is 4.79 Å². The molecule has 0 bridgehead atoms. The first kappa shape index (κ1) is 29.4. The Morgan fingerprint density at radius 1 is 1.06 bits per heavy atom. The highest BCUT2D eigenvalue weighted by Crippen LogP contribution is 2.26. The monoisotopic (exact) mass is 479 g/mol. The molecule has 1 aliphatic heterocycles. The zero-order valence-electron chi connectivity index (χ0n) is 21.4. The van der Waals surface area contributed by atoms with Crippen molar-refractivity contribution in [2.75, 3.05) is 39.8 Å². The summed E-state index contributed by atoms with van der Waals surface area (Å²) in [6, 6.07) is 8.89. The van der Waals surface area contributed by atoms with Crippen molar-refractivity contribution in [3.8, 4) is 0 Å². The van der Waals surface area contributed by atoms with Gasteiger partial charge in [-0.05, 0) is 44.7 Å². The van der Waals surface area contributed by atoms with Crippen LogP contribution in [0.1, 0.15) is 46.6 Å². The number of nitrogens with zero attached hydrogens (tertiary/aromatic N) is 2. The fourth-order valence-electron chi connectivity index (χ4n) is 3.22. The number of esters is 1. The quantitative estimate of drug-likeness (QED) is 0.344. The van der Waals surface area contributed by atoms with E-state index in [1.165, 1.54) is 7.11 Å². The van der Waals surface area contributed by atoms with E-state index in [0.717, 1.165) is 31.6 Å². The van der Waals surface area contributed by atoms with Crippen LogP contribution in [0, 0.1) is 5.41 Å². The van der Waals surface area contributed by atoms with Crippen molar-refractivity contribution < 1.29 is 28.6 Å². The predicted molar refractivity (Wildman–Crippen MR) is 130 cm³/mol. The standard InChI is InChI=1S/C23H37N3O4.C2H4O2/c1-22(2,3)30-21(28)26-15-13-25(14-16-26)12-11-23(4,5)19(24)20(27)29-17-18-9-7-6-8-10-18;1-4-2-3/h6-10,19H,11-17,24H2,1-5H3;2H,1H3. The van der Waals surface area contributed by atoms with Crippen LogP contribution in [0.3, 0.4) is 0 Å². The molecular formula is C25H41N3O6. The number of amides is 1. The maximum Gasteiger partial charge on any atom is 0.410 e. The lowest BCUT2D eigenvalue weighted by molar-refractivity contribution is -0.149. The fourth-order valence-corrected chi connectivity index (χ4v) is 3.22. The molecule has 1 heterocycles. The van der Waals surface area contributed by atoms with Gasteiger partial charge in [-0.15, -0.1) is 0 Å². The summed E-state index contributed by atoms with van der Waals surface area (Å²) in [5.41, 5.74) is 6.30. The van der Waals surface area contributed by atoms with Crippen molar-refractivity contribution in [3.63, 3.8) is 0 Å². The molecule has 0 radical (unpaired) electrons. The van der Waals surface area contributed by atoms with Crippen molar-refractivity contribution in [1.29, 1.82) is 0 Å². The topological polar surface area (TPSA) is 111 Å². The summed E-state index contributed by atoms with van der Waals surface area (Å²) < 4.78 is 14.7. The molecule has 1 unspecified atom stereocenters. The van der Waals surface area contributed by atoms with E-state index in [1.54, 1.807) is 4.90 Å². The second-order valence-electron chi connectivity index (χ2n) is 9.95. The van der Waals surface area contributed by atoms with E-state index in [0.29, 0.717) is 19.6 Å². The molecule has 1 aromatic rings. The minimum Gasteiger partial charge on any atom is -0.471 e. The highest BCUT2D eigenvalue weighted by Gasteiger charge is 2.34. The van der Waals surface area contributed by atoms with Crippen LogP contribution in [0.5, 0.6) is 0 Å². The first-order chi connectivity index (χ1) is 15.9. The van der Waals surface area contributed by atoms with E-state index >= 15 is 0 Å². The van der Waals surface area contributed by atoms with Gasteiger partial charge in [0.2, 0.25) is 0 Å². The van der Waals surface area contributed by atoms with Crippen LogP contribution in [0.15, 0.2) is 30.3 Å². The number of carbonyl (C=O) groups excluding carboxylic acids is 3. The van der Waals surface area contributed by atoms with Gasteiger partial charge in [0.1, 0.15) is 18.2 Å². The Hall–Kier alpha value is -2.65. The van der Waals surface area contributed by atoms with Gasteiger partial charge in [0, 0.05) is 26.2 Å². The third-order valence-electron chi connectivity index (χ3n) is 5.51. The molecule has 1 saturated heterocycles. The van der Waals surface area contributed by atoms with E-state index in [2.05, 4.69) is 9.64 Å². The van der Waals surface area contributed by atoms with Gasteiger partial charge in [-0.25, -0.2) is 4.79 Å². The fraction of sp³-hybridized carbons (Fsp3) is 0.640. The summed E-state index contributed by atoms with van der Waals surface area (Å²) in [5.74, 6) is -0.376. The van der Waals surface area contributed by atoms with Crippen molar-refractivity contribution in [2.45, 2.75) is 59.3 Å². The highest BCUT2D eigenvalue weighted by atomic mass is 16.6. The molecule has 9 heteroatoms. The van der Waals surface area contributed by atoms with E-state index < -0.39 is 17.1 Å². The largest absolute Gasteiger partial charge is 0.471 e. The van der Waals surface area contributed by atoms with Gasteiger partial charge in [0.25, 0.3) is 6.47 Å². The molecule has 0 saturated carbocycles. The number of methoxy groups -OCH3 is 1. The van der Waals surface area contributed by atoms with Crippen LogP contribution >= 0.6 is 0 Å². The Labute approximate surface area is 203 Å². The van der Waals surface area contributed by atoms with Gasteiger partial charge in [-0.3, -0.25) is 14.5 Å². The molecule has 1 aliphatic rings. The lowest BCUT2D eigenvalue weighted by Crippen LogP contribution is -2.51. The van der Waals surface area contributed by atoms with Crippen molar-refractivity contribution in [1.82, 2.24) is 9.80 Å². The number of rotatable bonds is 8. The molecule has 0 aliphatic carbocycles. The molecule has 2 N–H and O–H groups in total.